The van der Waals surface area contributed by atoms with Gasteiger partial charge in [0.25, 0.3) is 11.5 Å². The summed E-state index contributed by atoms with van der Waals surface area (Å²) < 4.78 is 1.60. The van der Waals surface area contributed by atoms with Crippen LogP contribution in [0.25, 0.3) is 15.9 Å². The minimum atomic E-state index is -0.366. The predicted molar refractivity (Wildman–Crippen MR) is 143 cm³/mol. The van der Waals surface area contributed by atoms with Gasteiger partial charge in [0.1, 0.15) is 4.83 Å². The Labute approximate surface area is 215 Å². The van der Waals surface area contributed by atoms with Crippen LogP contribution in [0.4, 0.5) is 0 Å². The number of carbonyl (C=O) groups excluding carboxylic acids is 1. The highest BCUT2D eigenvalue weighted by Crippen LogP contribution is 2.35. The number of thioether (sulfide) groups is 1. The highest BCUT2D eigenvalue weighted by molar-refractivity contribution is 7.99. The molecule has 8 nitrogen and oxygen atoms in total. The van der Waals surface area contributed by atoms with E-state index in [1.54, 1.807) is 22.0 Å². The number of hydrogen-bond donors (Lipinski definition) is 3. The van der Waals surface area contributed by atoms with Gasteiger partial charge in [-0.25, -0.2) is 10.4 Å². The number of phenols is 2. The first kappa shape index (κ1) is 24.1. The smallest absolute Gasteiger partial charge is 0.267 e. The number of hydrazone groups is 1. The fourth-order valence-corrected chi connectivity index (χ4v) is 6.27. The Bertz CT molecular complexity index is 1540. The standard InChI is InChI=1S/C26H24N4O4S2/c1-15-6-9-17(10-7-15)30-25(34)23-18-4-2-3-5-21(18)36-24(23)28-26(30)35-14-22(33)29-27-13-16-8-11-19(31)20(32)12-16/h6-13,31-32H,2-5,14H2,1H3,(H,29,33)/b27-13+. The average Bonchev–Trinajstić information content (AvgIpc) is 3.24. The van der Waals surface area contributed by atoms with E-state index < -0.39 is 0 Å². The summed E-state index contributed by atoms with van der Waals surface area (Å²) in [6.45, 7) is 1.99. The van der Waals surface area contributed by atoms with Gasteiger partial charge < -0.3 is 10.2 Å². The molecule has 0 fully saturated rings. The third-order valence-electron chi connectivity index (χ3n) is 5.99. The van der Waals surface area contributed by atoms with E-state index in [9.17, 15) is 19.8 Å². The Morgan fingerprint density at radius 1 is 1.17 bits per heavy atom. The van der Waals surface area contributed by atoms with Gasteiger partial charge in [0.15, 0.2) is 16.7 Å². The SMILES string of the molecule is Cc1ccc(-n2c(SCC(=O)N/N=C/c3ccc(O)c(O)c3)nc3sc4c(c3c2=O)CCCC4)cc1. The molecule has 2 aromatic heterocycles. The van der Waals surface area contributed by atoms with Crippen LogP contribution in [0.2, 0.25) is 0 Å². The number of nitrogens with one attached hydrogen (secondary N) is 1. The Morgan fingerprint density at radius 3 is 2.72 bits per heavy atom. The van der Waals surface area contributed by atoms with E-state index in [1.807, 2.05) is 31.2 Å². The van der Waals surface area contributed by atoms with Crippen LogP contribution in [0.1, 0.15) is 34.4 Å². The lowest BCUT2D eigenvalue weighted by Crippen LogP contribution is -2.24. The van der Waals surface area contributed by atoms with Crippen molar-refractivity contribution in [2.75, 3.05) is 5.75 Å². The average molecular weight is 521 g/mol. The normalized spacial score (nSPS) is 13.2. The summed E-state index contributed by atoms with van der Waals surface area (Å²) >= 11 is 2.76. The molecule has 5 rings (SSSR count). The van der Waals surface area contributed by atoms with Crippen molar-refractivity contribution in [3.8, 4) is 17.2 Å². The number of aromatic hydroxyl groups is 2. The van der Waals surface area contributed by atoms with E-state index >= 15 is 0 Å². The van der Waals surface area contributed by atoms with Crippen molar-refractivity contribution in [1.82, 2.24) is 15.0 Å². The molecule has 0 unspecified atom stereocenters. The number of fused-ring (bicyclic) bond motifs is 3. The van der Waals surface area contributed by atoms with Gasteiger partial charge in [-0.05, 0) is 74.1 Å². The van der Waals surface area contributed by atoms with Crippen LogP contribution in [0, 0.1) is 6.92 Å². The summed E-state index contributed by atoms with van der Waals surface area (Å²) in [5, 5.41) is 24.0. The lowest BCUT2D eigenvalue weighted by atomic mass is 9.97. The van der Waals surface area contributed by atoms with Crippen LogP contribution in [0.5, 0.6) is 11.5 Å². The molecule has 2 aromatic carbocycles. The number of rotatable bonds is 6. The molecule has 0 bridgehead atoms. The molecular weight excluding hydrogens is 496 g/mol. The van der Waals surface area contributed by atoms with Gasteiger partial charge in [-0.3, -0.25) is 14.2 Å². The van der Waals surface area contributed by atoms with Crippen LogP contribution < -0.4 is 11.0 Å². The van der Waals surface area contributed by atoms with Crippen molar-refractivity contribution in [1.29, 1.82) is 0 Å². The lowest BCUT2D eigenvalue weighted by Gasteiger charge is -2.13. The summed E-state index contributed by atoms with van der Waals surface area (Å²) in [6, 6.07) is 11.9. The van der Waals surface area contributed by atoms with Crippen molar-refractivity contribution in [3.63, 3.8) is 0 Å². The van der Waals surface area contributed by atoms with Gasteiger partial charge in [-0.15, -0.1) is 11.3 Å². The monoisotopic (exact) mass is 520 g/mol. The molecule has 36 heavy (non-hydrogen) atoms. The molecule has 1 amide bonds. The van der Waals surface area contributed by atoms with E-state index in [-0.39, 0.29) is 28.7 Å². The molecule has 1 aliphatic carbocycles. The molecule has 0 radical (unpaired) electrons. The third kappa shape index (κ3) is 4.87. The van der Waals surface area contributed by atoms with Gasteiger partial charge in [-0.2, -0.15) is 5.10 Å². The number of thiophene rings is 1. The molecule has 10 heteroatoms. The molecule has 3 N–H and O–H groups in total. The fourth-order valence-electron chi connectivity index (χ4n) is 4.17. The maximum absolute atomic E-state index is 13.7. The minimum Gasteiger partial charge on any atom is -0.504 e. The maximum Gasteiger partial charge on any atom is 0.267 e. The molecule has 0 aliphatic heterocycles. The molecule has 0 saturated carbocycles. The number of amides is 1. The van der Waals surface area contributed by atoms with E-state index in [0.717, 1.165) is 41.6 Å². The van der Waals surface area contributed by atoms with Crippen LogP contribution in [-0.2, 0) is 17.6 Å². The summed E-state index contributed by atoms with van der Waals surface area (Å²) in [7, 11) is 0. The number of benzene rings is 2. The van der Waals surface area contributed by atoms with Crippen molar-refractivity contribution in [2.45, 2.75) is 37.8 Å². The Hall–Kier alpha value is -3.63. The fraction of sp³-hybridized carbons (Fsp3) is 0.231. The maximum atomic E-state index is 13.7. The van der Waals surface area contributed by atoms with Crippen molar-refractivity contribution in [3.05, 3.63) is 74.4 Å². The highest BCUT2D eigenvalue weighted by Gasteiger charge is 2.23. The first-order valence-electron chi connectivity index (χ1n) is 11.5. The molecule has 2 heterocycles. The number of phenolic OH excluding ortho intramolecular Hbond substituents is 2. The van der Waals surface area contributed by atoms with Crippen LogP contribution in [0.15, 0.2) is 57.5 Å². The zero-order valence-electron chi connectivity index (χ0n) is 19.5. The minimum absolute atomic E-state index is 0.00701. The van der Waals surface area contributed by atoms with E-state index in [1.165, 1.54) is 35.0 Å². The topological polar surface area (TPSA) is 117 Å². The molecule has 0 spiro atoms. The first-order valence-corrected chi connectivity index (χ1v) is 13.3. The van der Waals surface area contributed by atoms with Gasteiger partial charge in [-0.1, -0.05) is 29.5 Å². The van der Waals surface area contributed by atoms with Gasteiger partial charge in [0.2, 0.25) is 0 Å². The summed E-state index contributed by atoms with van der Waals surface area (Å²) in [5.41, 5.74) is 5.79. The summed E-state index contributed by atoms with van der Waals surface area (Å²) in [5.74, 6) is -0.864. The second-order valence-electron chi connectivity index (χ2n) is 8.59. The Kier molecular flexibility index (Phi) is 6.80. The molecule has 0 atom stereocenters. The molecule has 184 valence electrons. The first-order chi connectivity index (χ1) is 17.4. The van der Waals surface area contributed by atoms with Crippen molar-refractivity contribution < 1.29 is 15.0 Å². The number of aromatic nitrogens is 2. The van der Waals surface area contributed by atoms with Crippen LogP contribution >= 0.6 is 23.1 Å². The Balaban J connectivity index is 1.41. The quantitative estimate of drug-likeness (QED) is 0.115. The summed E-state index contributed by atoms with van der Waals surface area (Å²) in [6.07, 6.45) is 5.43. The zero-order valence-corrected chi connectivity index (χ0v) is 21.2. The number of nitrogens with zero attached hydrogens (tertiary/aromatic N) is 3. The highest BCUT2D eigenvalue weighted by atomic mass is 32.2. The number of hydrogen-bond acceptors (Lipinski definition) is 8. The second kappa shape index (κ2) is 10.2. The third-order valence-corrected chi connectivity index (χ3v) is 8.11. The zero-order chi connectivity index (χ0) is 25.2. The largest absolute Gasteiger partial charge is 0.504 e. The Morgan fingerprint density at radius 2 is 1.94 bits per heavy atom. The van der Waals surface area contributed by atoms with Crippen LogP contribution in [0.3, 0.4) is 0 Å². The molecule has 1 aliphatic rings. The van der Waals surface area contributed by atoms with Gasteiger partial charge >= 0.3 is 0 Å². The van der Waals surface area contributed by atoms with E-state index in [0.29, 0.717) is 21.8 Å². The second-order valence-corrected chi connectivity index (χ2v) is 10.6. The molecule has 0 saturated heterocycles. The number of aryl methyl sites for hydroxylation is 3. The molecular formula is C26H24N4O4S2. The van der Waals surface area contributed by atoms with Gasteiger partial charge in [0.05, 0.1) is 23.0 Å². The van der Waals surface area contributed by atoms with Crippen molar-refractivity contribution >= 4 is 45.4 Å². The van der Waals surface area contributed by atoms with E-state index in [4.69, 9.17) is 4.98 Å². The summed E-state index contributed by atoms with van der Waals surface area (Å²) in [4.78, 5) is 33.0. The number of carbonyl (C=O) groups is 1. The predicted octanol–water partition coefficient (Wildman–Crippen LogP) is 4.29. The van der Waals surface area contributed by atoms with Crippen LogP contribution in [-0.4, -0.2) is 37.6 Å². The lowest BCUT2D eigenvalue weighted by molar-refractivity contribution is -0.118. The van der Waals surface area contributed by atoms with E-state index in [2.05, 4.69) is 10.5 Å². The van der Waals surface area contributed by atoms with Gasteiger partial charge in [0, 0.05) is 4.88 Å². The van der Waals surface area contributed by atoms with Crippen molar-refractivity contribution in [2.24, 2.45) is 5.10 Å². The molecule has 4 aromatic rings.